The van der Waals surface area contributed by atoms with E-state index in [4.69, 9.17) is 0 Å². The van der Waals surface area contributed by atoms with Gasteiger partial charge < -0.3 is 5.32 Å². The zero-order valence-electron chi connectivity index (χ0n) is 9.88. The van der Waals surface area contributed by atoms with Crippen molar-refractivity contribution >= 4 is 59.4 Å². The van der Waals surface area contributed by atoms with E-state index in [2.05, 4.69) is 58.1 Å². The van der Waals surface area contributed by atoms with E-state index < -0.39 is 0 Å². The normalized spacial score (nSPS) is 10.3. The zero-order chi connectivity index (χ0) is 14.0. The number of nitrogens with one attached hydrogen (secondary N) is 1. The van der Waals surface area contributed by atoms with Gasteiger partial charge in [-0.1, -0.05) is 15.9 Å². The number of carbonyl (C=O) groups is 1. The van der Waals surface area contributed by atoms with Crippen molar-refractivity contribution in [2.45, 2.75) is 6.92 Å². The Bertz CT molecular complexity index is 644. The predicted molar refractivity (Wildman–Crippen MR) is 86.5 cm³/mol. The molecule has 0 spiro atoms. The van der Waals surface area contributed by atoms with Crippen molar-refractivity contribution in [3.05, 3.63) is 55.1 Å². The maximum atomic E-state index is 12.1. The van der Waals surface area contributed by atoms with Crippen LogP contribution in [0.3, 0.4) is 0 Å². The molecule has 0 saturated heterocycles. The molecular formula is C13H9Br3N2O. The summed E-state index contributed by atoms with van der Waals surface area (Å²) in [4.78, 5) is 16.3. The topological polar surface area (TPSA) is 42.0 Å². The predicted octanol–water partition coefficient (Wildman–Crippen LogP) is 4.93. The lowest BCUT2D eigenvalue weighted by Crippen LogP contribution is -2.12. The lowest BCUT2D eigenvalue weighted by molar-refractivity contribution is 0.102. The number of halogens is 3. The number of aryl methyl sites for hydroxylation is 1. The Hall–Kier alpha value is -0.720. The second kappa shape index (κ2) is 6.15. The van der Waals surface area contributed by atoms with E-state index in [9.17, 15) is 4.79 Å². The molecule has 1 aromatic heterocycles. The van der Waals surface area contributed by atoms with E-state index in [0.717, 1.165) is 19.1 Å². The first-order valence-corrected chi connectivity index (χ1v) is 7.74. The van der Waals surface area contributed by atoms with Crippen molar-refractivity contribution in [3.8, 4) is 0 Å². The molecule has 0 bridgehead atoms. The van der Waals surface area contributed by atoms with Gasteiger partial charge in [0, 0.05) is 8.95 Å². The summed E-state index contributed by atoms with van der Waals surface area (Å²) in [6, 6.07) is 7.27. The average Bonchev–Trinajstić information content (AvgIpc) is 2.33. The lowest BCUT2D eigenvalue weighted by atomic mass is 10.2. The van der Waals surface area contributed by atoms with Crippen molar-refractivity contribution in [1.29, 1.82) is 0 Å². The van der Waals surface area contributed by atoms with Crippen LogP contribution < -0.4 is 5.32 Å². The highest BCUT2D eigenvalue weighted by Crippen LogP contribution is 2.23. The van der Waals surface area contributed by atoms with Crippen LogP contribution in [-0.2, 0) is 0 Å². The van der Waals surface area contributed by atoms with Crippen LogP contribution in [0.5, 0.6) is 0 Å². The molecule has 19 heavy (non-hydrogen) atoms. The molecule has 98 valence electrons. The summed E-state index contributed by atoms with van der Waals surface area (Å²) in [5, 5.41) is 2.82. The number of amides is 1. The molecule has 0 aliphatic heterocycles. The summed E-state index contributed by atoms with van der Waals surface area (Å²) in [6.07, 6.45) is 1.61. The van der Waals surface area contributed by atoms with E-state index in [1.807, 2.05) is 25.1 Å². The van der Waals surface area contributed by atoms with Crippen LogP contribution in [0, 0.1) is 6.92 Å². The molecule has 0 fully saturated rings. The van der Waals surface area contributed by atoms with Crippen LogP contribution in [0.2, 0.25) is 0 Å². The minimum atomic E-state index is -0.178. The Morgan fingerprint density at radius 3 is 2.58 bits per heavy atom. The van der Waals surface area contributed by atoms with Crippen LogP contribution in [0.1, 0.15) is 15.9 Å². The molecule has 0 atom stereocenters. The highest BCUT2D eigenvalue weighted by molar-refractivity contribution is 9.11. The first kappa shape index (κ1) is 14.7. The zero-order valence-corrected chi connectivity index (χ0v) is 14.6. The molecule has 3 nitrogen and oxygen atoms in total. The van der Waals surface area contributed by atoms with E-state index in [1.165, 1.54) is 0 Å². The number of pyridine rings is 1. The van der Waals surface area contributed by atoms with Gasteiger partial charge in [-0.3, -0.25) is 4.79 Å². The first-order valence-electron chi connectivity index (χ1n) is 5.36. The third-order valence-electron chi connectivity index (χ3n) is 2.45. The summed E-state index contributed by atoms with van der Waals surface area (Å²) >= 11 is 10.0. The van der Waals surface area contributed by atoms with Gasteiger partial charge in [-0.05, 0) is 68.6 Å². The fourth-order valence-corrected chi connectivity index (χ4v) is 2.94. The van der Waals surface area contributed by atoms with Crippen molar-refractivity contribution in [3.63, 3.8) is 0 Å². The summed E-state index contributed by atoms with van der Waals surface area (Å²) in [7, 11) is 0. The Morgan fingerprint density at radius 1 is 1.21 bits per heavy atom. The smallest absolute Gasteiger partial charge is 0.256 e. The van der Waals surface area contributed by atoms with E-state index >= 15 is 0 Å². The van der Waals surface area contributed by atoms with Gasteiger partial charge in [0.15, 0.2) is 0 Å². The number of rotatable bonds is 2. The molecule has 2 aromatic rings. The van der Waals surface area contributed by atoms with Crippen molar-refractivity contribution in [2.24, 2.45) is 0 Å². The number of benzene rings is 1. The number of nitrogens with zero attached hydrogens (tertiary/aromatic N) is 1. The third kappa shape index (κ3) is 3.64. The number of hydrogen-bond acceptors (Lipinski definition) is 2. The Kier molecular flexibility index (Phi) is 4.76. The number of anilines is 1. The number of aromatic nitrogens is 1. The quantitative estimate of drug-likeness (QED) is 0.662. The molecule has 1 heterocycles. The van der Waals surface area contributed by atoms with Gasteiger partial charge in [0.2, 0.25) is 0 Å². The first-order chi connectivity index (χ1) is 8.97. The summed E-state index contributed by atoms with van der Waals surface area (Å²) in [5.41, 5.74) is 2.21. The minimum Gasteiger partial charge on any atom is -0.321 e. The van der Waals surface area contributed by atoms with Crippen LogP contribution in [0.15, 0.2) is 44.0 Å². The molecule has 2 rings (SSSR count). The highest BCUT2D eigenvalue weighted by atomic mass is 79.9. The molecule has 0 aliphatic carbocycles. The third-order valence-corrected chi connectivity index (χ3v) is 4.43. The second-order valence-corrected chi connectivity index (χ2v) is 6.43. The van der Waals surface area contributed by atoms with Gasteiger partial charge in [0.05, 0.1) is 17.4 Å². The maximum absolute atomic E-state index is 12.1. The van der Waals surface area contributed by atoms with E-state index in [-0.39, 0.29) is 5.91 Å². The second-order valence-electron chi connectivity index (χ2n) is 3.91. The standard InChI is InChI=1S/C13H9Br3N2O/c1-7-4-9(6-17-12(7)16)18-13(19)10-3-2-8(14)5-11(10)15/h2-6H,1H3,(H,18,19). The molecule has 0 saturated carbocycles. The number of carbonyl (C=O) groups excluding carboxylic acids is 1. The molecular weight excluding hydrogens is 440 g/mol. The largest absolute Gasteiger partial charge is 0.321 e. The molecule has 1 amide bonds. The molecule has 0 unspecified atom stereocenters. The van der Waals surface area contributed by atoms with Gasteiger partial charge in [0.25, 0.3) is 5.91 Å². The molecule has 1 aromatic carbocycles. The monoisotopic (exact) mass is 446 g/mol. The van der Waals surface area contributed by atoms with Crippen LogP contribution in [-0.4, -0.2) is 10.9 Å². The molecule has 0 radical (unpaired) electrons. The fourth-order valence-electron chi connectivity index (χ4n) is 1.50. The van der Waals surface area contributed by atoms with Gasteiger partial charge in [-0.15, -0.1) is 0 Å². The lowest BCUT2D eigenvalue weighted by Gasteiger charge is -2.08. The fraction of sp³-hybridized carbons (Fsp3) is 0.0769. The summed E-state index contributed by atoms with van der Waals surface area (Å²) < 4.78 is 2.42. The Labute approximate surface area is 136 Å². The van der Waals surface area contributed by atoms with Gasteiger partial charge in [-0.2, -0.15) is 0 Å². The number of hydrogen-bond donors (Lipinski definition) is 1. The molecule has 0 aliphatic rings. The molecule has 1 N–H and O–H groups in total. The van der Waals surface area contributed by atoms with Crippen LogP contribution >= 0.6 is 47.8 Å². The van der Waals surface area contributed by atoms with Gasteiger partial charge >= 0.3 is 0 Å². The van der Waals surface area contributed by atoms with Crippen molar-refractivity contribution in [2.75, 3.05) is 5.32 Å². The van der Waals surface area contributed by atoms with Gasteiger partial charge in [-0.25, -0.2) is 4.98 Å². The SMILES string of the molecule is Cc1cc(NC(=O)c2ccc(Br)cc2Br)cnc1Br. The van der Waals surface area contributed by atoms with Crippen molar-refractivity contribution in [1.82, 2.24) is 4.98 Å². The van der Waals surface area contributed by atoms with E-state index in [1.54, 1.807) is 12.3 Å². The van der Waals surface area contributed by atoms with Crippen LogP contribution in [0.4, 0.5) is 5.69 Å². The van der Waals surface area contributed by atoms with Crippen molar-refractivity contribution < 1.29 is 4.79 Å². The summed E-state index contributed by atoms with van der Waals surface area (Å²) in [6.45, 7) is 1.92. The summed E-state index contributed by atoms with van der Waals surface area (Å²) in [5.74, 6) is -0.178. The van der Waals surface area contributed by atoms with Gasteiger partial charge in [0.1, 0.15) is 4.60 Å². The maximum Gasteiger partial charge on any atom is 0.256 e. The Balaban J connectivity index is 2.23. The Morgan fingerprint density at radius 2 is 1.95 bits per heavy atom. The minimum absolute atomic E-state index is 0.178. The molecule has 6 heteroatoms. The average molecular weight is 449 g/mol. The highest BCUT2D eigenvalue weighted by Gasteiger charge is 2.11. The van der Waals surface area contributed by atoms with Crippen LogP contribution in [0.25, 0.3) is 0 Å². The van der Waals surface area contributed by atoms with E-state index in [0.29, 0.717) is 11.3 Å².